The number of carbonyl (C=O) groups is 8. The van der Waals surface area contributed by atoms with Crippen molar-refractivity contribution in [1.29, 1.82) is 0 Å². The molecule has 4 amide bonds. The van der Waals surface area contributed by atoms with E-state index in [2.05, 4.69) is 82.3 Å². The fourth-order valence-electron chi connectivity index (χ4n) is 17.0. The normalized spacial score (nSPS) is 16.1. The molecular formula is C103H144N18O17. The Labute approximate surface area is 809 Å². The molecule has 6 aliphatic rings. The second-order valence-corrected chi connectivity index (χ2v) is 37.4. The molecule has 9 aromatic rings. The van der Waals surface area contributed by atoms with Crippen LogP contribution in [0.3, 0.4) is 0 Å². The molecule has 0 aliphatic carbocycles. The third kappa shape index (κ3) is 29.9. The second-order valence-electron chi connectivity index (χ2n) is 37.4. The molecule has 6 aromatic heterocycles. The van der Waals surface area contributed by atoms with Crippen LogP contribution in [-0.4, -0.2) is 213 Å². The molecule has 0 unspecified atom stereocenters. The first-order valence-corrected chi connectivity index (χ1v) is 47.4. The third-order valence-electron chi connectivity index (χ3n) is 24.9. The van der Waals surface area contributed by atoms with Gasteiger partial charge in [0.1, 0.15) is 74.3 Å². The van der Waals surface area contributed by atoms with E-state index in [1.807, 2.05) is 147 Å². The summed E-state index contributed by atoms with van der Waals surface area (Å²) in [6, 6.07) is 28.8. The van der Waals surface area contributed by atoms with Crippen molar-refractivity contribution in [3.05, 3.63) is 127 Å². The van der Waals surface area contributed by atoms with E-state index in [9.17, 15) is 38.4 Å². The number of nitrogens with one attached hydrogen (secondary N) is 6. The number of fused-ring (bicyclic) bond motifs is 3. The summed E-state index contributed by atoms with van der Waals surface area (Å²) in [5, 5.41) is 33.6. The molecule has 3 saturated heterocycles. The first-order chi connectivity index (χ1) is 64.8. The minimum atomic E-state index is -1.04. The minimum Gasteiger partial charge on any atom is -0.480 e. The largest absolute Gasteiger partial charge is 0.480 e. The zero-order valence-corrected chi connectivity index (χ0v) is 79.9. The number of nitrogens with two attached hydrogens (primary N) is 1. The summed E-state index contributed by atoms with van der Waals surface area (Å²) < 4.78 is 27.5. The lowest BCUT2D eigenvalue weighted by atomic mass is 9.87. The van der Waals surface area contributed by atoms with Gasteiger partial charge in [-0.2, -0.15) is 0 Å². The molecule has 6 aliphatic heterocycles. The highest BCUT2D eigenvalue weighted by Crippen LogP contribution is 2.41. The molecule has 0 bridgehead atoms. The first-order valence-electron chi connectivity index (χ1n) is 47.4. The van der Waals surface area contributed by atoms with Gasteiger partial charge in [0.05, 0.1) is 108 Å². The summed E-state index contributed by atoms with van der Waals surface area (Å²) in [6.07, 6.45) is 23.3. The van der Waals surface area contributed by atoms with Gasteiger partial charge in [0.2, 0.25) is 17.6 Å². The maximum Gasteiger partial charge on any atom is 0.410 e. The van der Waals surface area contributed by atoms with Crippen LogP contribution in [0.5, 0.6) is 17.6 Å². The summed E-state index contributed by atoms with van der Waals surface area (Å²) in [4.78, 5) is 155. The zero-order valence-electron chi connectivity index (χ0n) is 79.9. The topological polar surface area (TPSA) is 461 Å². The van der Waals surface area contributed by atoms with Gasteiger partial charge < -0.3 is 89.7 Å². The molecule has 15 rings (SSSR count). The molecule has 12 heterocycles. The predicted octanol–water partition coefficient (Wildman–Crippen LogP) is 19.0. The van der Waals surface area contributed by atoms with E-state index >= 15 is 0 Å². The number of carboxylic acids is 1. The number of pyridine rings is 3. The van der Waals surface area contributed by atoms with E-state index in [1.165, 1.54) is 0 Å². The number of Topliss-reactive ketones (excluding diaryl/α,β-unsaturated/α-hetero) is 3. The number of carbonyl (C=O) groups excluding carboxylic acids is 7. The van der Waals surface area contributed by atoms with Gasteiger partial charge in [-0.15, -0.1) is 0 Å². The molecule has 3 fully saturated rings. The van der Waals surface area contributed by atoms with Gasteiger partial charge in [-0.1, -0.05) is 152 Å². The van der Waals surface area contributed by atoms with Gasteiger partial charge >= 0.3 is 18.2 Å². The smallest absolute Gasteiger partial charge is 0.410 e. The summed E-state index contributed by atoms with van der Waals surface area (Å²) in [5.41, 5.74) is 11.8. The van der Waals surface area contributed by atoms with Crippen molar-refractivity contribution in [2.24, 2.45) is 21.2 Å². The van der Waals surface area contributed by atoms with E-state index in [0.29, 0.717) is 169 Å². The average molecular weight is 1910 g/mol. The van der Waals surface area contributed by atoms with Gasteiger partial charge in [-0.25, -0.2) is 44.3 Å². The summed E-state index contributed by atoms with van der Waals surface area (Å²) >= 11 is 0. The molecule has 748 valence electrons. The Bertz CT molecular complexity index is 5690. The van der Waals surface area contributed by atoms with Crippen molar-refractivity contribution in [3.8, 4) is 51.4 Å². The van der Waals surface area contributed by atoms with Crippen LogP contribution in [-0.2, 0) is 52.8 Å². The molecule has 3 atom stereocenters. The van der Waals surface area contributed by atoms with E-state index in [1.54, 1.807) is 49.7 Å². The Kier molecular flexibility index (Phi) is 39.8. The number of hydrogen-bond donors (Lipinski definition) is 8. The van der Waals surface area contributed by atoms with Crippen LogP contribution in [0.25, 0.3) is 66.5 Å². The SMILES string of the molecule is C.C.C.CC(C)(C)OC(=O)N1CCC2(CC1)CC(C(=O)O)=NO2.CCC(=O)CCCCC[C@H](N)c1ncc(-c2cc3ccccc3nc2OC)[nH]1.CCC(=O)CCCCC[C@H](NC(=O)C1=NOC2(CCN(C(=O)OC(C)(C)C)CC2)C1)c1ncc(-c2cc3ccccc3nc2OC)[nH]1.CCC(=O)CCCCC[C@H](NC(=O)C1=NOC2(CCNCC2)C1)c1ncc(-c2cc3ccccc3nc2OC)[nH]1. The van der Waals surface area contributed by atoms with Crippen LogP contribution in [0.4, 0.5) is 9.59 Å². The Hall–Kier alpha value is -12.8. The fourth-order valence-corrected chi connectivity index (χ4v) is 17.0. The van der Waals surface area contributed by atoms with Gasteiger partial charge in [0, 0.05) is 139 Å². The number of piperidine rings is 3. The number of benzene rings is 3. The first kappa shape index (κ1) is 109. The van der Waals surface area contributed by atoms with Crippen LogP contribution in [0.15, 0.2) is 125 Å². The summed E-state index contributed by atoms with van der Waals surface area (Å²) in [7, 11) is 4.80. The van der Waals surface area contributed by atoms with Crippen LogP contribution in [0, 0.1) is 0 Å². The molecule has 0 radical (unpaired) electrons. The lowest BCUT2D eigenvalue weighted by Gasteiger charge is -2.37. The number of amides is 4. The van der Waals surface area contributed by atoms with Gasteiger partial charge in [0.15, 0.2) is 5.71 Å². The number of methoxy groups -OCH3 is 3. The lowest BCUT2D eigenvalue weighted by Crippen LogP contribution is -2.48. The number of aromatic amines is 3. The van der Waals surface area contributed by atoms with E-state index in [-0.39, 0.29) is 81.2 Å². The van der Waals surface area contributed by atoms with Gasteiger partial charge in [-0.3, -0.25) is 24.0 Å². The summed E-state index contributed by atoms with van der Waals surface area (Å²) in [5.74, 6) is 2.83. The Balaban J connectivity index is 0.000000213. The second kappa shape index (κ2) is 50.5. The number of aliphatic carboxylic acids is 1. The van der Waals surface area contributed by atoms with E-state index in [0.717, 1.165) is 162 Å². The molecule has 3 aromatic carbocycles. The highest BCUT2D eigenvalue weighted by Gasteiger charge is 2.48. The predicted molar refractivity (Wildman–Crippen MR) is 533 cm³/mol. The molecule has 35 nitrogen and oxygen atoms in total. The van der Waals surface area contributed by atoms with Crippen molar-refractivity contribution >= 4 is 97.2 Å². The summed E-state index contributed by atoms with van der Waals surface area (Å²) in [6.45, 7) is 20.3. The molecule has 0 saturated carbocycles. The molecule has 3 spiro atoms. The number of imidazole rings is 3. The number of carboxylic acid groups (broad SMARTS) is 1. The highest BCUT2D eigenvalue weighted by atomic mass is 16.7. The number of para-hydroxylation sites is 3. The number of unbranched alkanes of at least 4 members (excludes halogenated alkanes) is 6. The molecule has 35 heteroatoms. The fraction of sp³-hybridized carbons (Fsp3) is 0.544. The van der Waals surface area contributed by atoms with Crippen molar-refractivity contribution in [3.63, 3.8) is 0 Å². The van der Waals surface area contributed by atoms with Crippen LogP contribution < -0.4 is 35.9 Å². The minimum absolute atomic E-state index is 0. The number of ketones is 3. The van der Waals surface area contributed by atoms with Crippen LogP contribution in [0.2, 0.25) is 0 Å². The Morgan fingerprint density at radius 1 is 0.449 bits per heavy atom. The lowest BCUT2D eigenvalue weighted by molar-refractivity contribution is -0.129. The average Bonchev–Trinajstić information content (AvgIpc) is 1.37. The standard InChI is InChI=1S/C35H46N6O6.C30H38N6O4.C22H28N4O2.C13H20N2O5.3CH4/c1-6-24(42)13-8-7-9-15-27(30-36-22-29(37-30)25-20-23-12-10-11-14-26(23)39-32(25)45-5)38-31(43)28-21-35(47-40-28)16-18-41(19-17-35)33(44)46-34(2,3)4;1-3-21(37)10-5-4-6-12-24(34-28(38)25-18-30(40-36-25)13-15-31-16-14-30)27-32-19-26(33-27)22-17-20-9-7-8-11-23(20)35-29(22)39-2;1-3-16(27)10-5-4-6-11-18(23)21-24-14-20(25-21)17-13-15-9-7-8-12-19(15)26-22(17)28-2;1-12(2,3)19-11(18)15-6-4-13(5-7-15)8-9(10(16)17)14-20-13;;;/h10-12,14,20,22,27H,6-9,13,15-19,21H2,1-5H3,(H,36,37)(H,38,43);7-9,11,17,19,24,31H,3-6,10,12-16,18H2,1-2H3,(H,32,33)(H,34,38);7-9,12-14,18H,3-6,10-11,23H2,1-2H3,(H,24,25);4-8H2,1-3H3,(H,16,17);3*1H4/t27-;24-;18-;;;;/m000..../s1. The Morgan fingerprint density at radius 3 is 1.10 bits per heavy atom. The van der Waals surface area contributed by atoms with E-state index in [4.69, 9.17) is 49.0 Å². The number of likely N-dealkylation sites (tertiary alicyclic amines) is 2. The maximum atomic E-state index is 13.6. The van der Waals surface area contributed by atoms with Gasteiger partial charge in [-0.05, 0) is 130 Å². The number of ether oxygens (including phenoxy) is 5. The number of oxime groups is 3. The number of rotatable bonds is 35. The number of hydrogen-bond acceptors (Lipinski definition) is 27. The monoisotopic (exact) mass is 1910 g/mol. The molecular weight excluding hydrogens is 1760 g/mol. The quantitative estimate of drug-likeness (QED) is 0.0171. The van der Waals surface area contributed by atoms with Crippen molar-refractivity contribution in [1.82, 2.24) is 70.6 Å². The van der Waals surface area contributed by atoms with Crippen molar-refractivity contribution in [2.45, 2.75) is 304 Å². The van der Waals surface area contributed by atoms with Crippen LogP contribution in [0.1, 0.15) is 294 Å². The highest BCUT2D eigenvalue weighted by molar-refractivity contribution is 6.40. The molecule has 9 N–H and O–H groups in total. The molecule has 138 heavy (non-hydrogen) atoms. The number of nitrogens with zero attached hydrogens (tertiary/aromatic N) is 11. The van der Waals surface area contributed by atoms with Gasteiger partial charge in [0.25, 0.3) is 11.8 Å². The Morgan fingerprint density at radius 2 is 0.768 bits per heavy atom. The maximum absolute atomic E-state index is 13.6. The van der Waals surface area contributed by atoms with Crippen molar-refractivity contribution in [2.75, 3.05) is 60.6 Å². The third-order valence-corrected chi connectivity index (χ3v) is 24.9. The van der Waals surface area contributed by atoms with Crippen LogP contribution >= 0.6 is 0 Å². The number of H-pyrrole nitrogens is 3. The zero-order chi connectivity index (χ0) is 96.5. The van der Waals surface area contributed by atoms with E-state index < -0.39 is 34.4 Å². The van der Waals surface area contributed by atoms with Crippen molar-refractivity contribution < 1.29 is 81.7 Å². The number of aromatic nitrogens is 9.